The molecule has 6 heteroatoms. The summed E-state index contributed by atoms with van der Waals surface area (Å²) in [5, 5.41) is 0. The van der Waals surface area contributed by atoms with Gasteiger partial charge in [0.1, 0.15) is 0 Å². The SMILES string of the molecule is [2H]c1c([2H])c([2H])c(C([2H])([2H])[C@]([2H])(N(C)CC#C)C([2H])([2H])[2H])c([2H])c1[2H].[2H]c1c([2H])c([2H])c(C([2H])([2H])[C@]([2H])(N(CC#C)C([2H])([2H])[2H])C([2H])([2H])[2H])c([2H])c1[2H].[2H]c1c([2H])c([2H])c(C[C@]([2H])(N(C([2H])([2H])[2H])C([2H])([2H])C#C)C([2H])([2H])[2H])c([2H])c1[2H].[2H]c1c([2H])c([2H])c(C[C@]([2H])(N(C)C([2H])([2H])C#C)C([2H])([2H])[2H])c([2H])c1[2H].[2H]c1c([2H])c([2H])c(C[C@]([2H])(N(C)CC#C)C([2H])([2H])[2H])c([2H])c1[2H].[2H]c1c([2H])c([2H])c(C[C@]([2H])(N(CC#C)C([2H])([2H])[2H])C([2H])([2H])[2H])c([2H])c1[2H]. The summed E-state index contributed by atoms with van der Waals surface area (Å²) in [6, 6.07) is -40.1. The van der Waals surface area contributed by atoms with Crippen molar-refractivity contribution in [1.82, 2.24) is 29.4 Å². The maximum atomic E-state index is 8.41. The molecule has 6 aromatic rings. The highest BCUT2D eigenvalue weighted by atomic mass is 15.1. The van der Waals surface area contributed by atoms with Gasteiger partial charge < -0.3 is 0 Å². The highest BCUT2D eigenvalue weighted by Gasteiger charge is 2.12. The topological polar surface area (TPSA) is 19.4 Å². The molecule has 0 saturated heterocycles. The predicted molar refractivity (Wildman–Crippen MR) is 366 cm³/mol. The zero-order valence-electron chi connectivity index (χ0n) is 116. The van der Waals surface area contributed by atoms with Crippen LogP contribution in [0.15, 0.2) is 181 Å². The van der Waals surface area contributed by atoms with E-state index in [0.29, 0.717) is 9.80 Å². The summed E-state index contributed by atoms with van der Waals surface area (Å²) in [7, 11) is 3.50. The summed E-state index contributed by atoms with van der Waals surface area (Å²) in [6.45, 7) is -37.2. The Balaban J connectivity index is 0.000000931. The van der Waals surface area contributed by atoms with Crippen molar-refractivity contribution in [2.45, 2.75) is 116 Å². The lowest BCUT2D eigenvalue weighted by Crippen LogP contribution is -2.31. The largest absolute Gasteiger partial charge is 0.292 e. The van der Waals surface area contributed by atoms with Crippen LogP contribution in [0.25, 0.3) is 0 Å². The zero-order chi connectivity index (χ0) is 124. The van der Waals surface area contributed by atoms with Gasteiger partial charge in [0.05, 0.1) is 85.8 Å². The Bertz CT molecular complexity index is 6200. The van der Waals surface area contributed by atoms with E-state index in [0.717, 1.165) is 23.9 Å². The standard InChI is InChI=1S/6C13H17N/c6*1-4-10-14(3)12(2)11-13-8-6-5-7-9-13/h6*1,5-9,12H,10-11H2,2-3H3/t6*12-/m111111/s1/i2D3,3D3,5D,6D,7D,8D,9D,11D2,12D;2D3,3D3,5D,6D,7D,8D,9D,10D2,12D;2D3,5D,6D,7D,8D,9D,11D2,12D;2D3,5D,6D,7D,8D,9D,10D2,12D;2D3,3D3,5D,6D,7D,8D,9D,12D;2D3,5D,6D,7D,8D,9D,12D. The van der Waals surface area contributed by atoms with Gasteiger partial charge in [0, 0.05) is 86.8 Å². The molecule has 6 rings (SSSR count). The van der Waals surface area contributed by atoms with Gasteiger partial charge in [-0.1, -0.05) is 217 Å². The van der Waals surface area contributed by atoms with Crippen LogP contribution in [0, 0.1) is 74.1 Å². The van der Waals surface area contributed by atoms with Gasteiger partial charge in [-0.05, 0) is 155 Å². The van der Waals surface area contributed by atoms with Crippen molar-refractivity contribution in [1.29, 1.82) is 0 Å². The van der Waals surface area contributed by atoms with Gasteiger partial charge in [0.15, 0.2) is 0 Å². The molecule has 0 N–H and O–H groups in total. The molecular weight excluding hydrogens is 1020 g/mol. The molecule has 0 aliphatic rings. The molecule has 0 heterocycles. The minimum absolute atomic E-state index is 0.0479. The molecule has 84 heavy (non-hydrogen) atoms. The number of likely N-dealkylation sites (N-methyl/N-ethyl adjacent to an activating group) is 6. The molecule has 6 atom stereocenters. The van der Waals surface area contributed by atoms with Gasteiger partial charge in [-0.2, -0.15) is 0 Å². The molecular formula is C78H102N6. The Morgan fingerprint density at radius 1 is 0.321 bits per heavy atom. The van der Waals surface area contributed by atoms with E-state index in [1.807, 2.05) is 11.8 Å². The Hall–Kier alpha value is -7.56. The van der Waals surface area contributed by atoms with E-state index in [-0.39, 0.29) is 28.5 Å². The van der Waals surface area contributed by atoms with Crippen LogP contribution in [0.5, 0.6) is 0 Å². The number of terminal acetylenes is 6. The van der Waals surface area contributed by atoms with E-state index in [1.165, 1.54) is 13.0 Å². The Morgan fingerprint density at radius 2 is 0.548 bits per heavy atom. The van der Waals surface area contributed by atoms with Crippen LogP contribution in [0.3, 0.4) is 0 Å². The van der Waals surface area contributed by atoms with E-state index < -0.39 is 372 Å². The molecule has 0 unspecified atom stereocenters. The fraction of sp³-hybridized carbons (Fsp3) is 0.385. The second-order valence-corrected chi connectivity index (χ2v) is 15.0. The van der Waals surface area contributed by atoms with Gasteiger partial charge in [0.2, 0.25) is 0 Å². The summed E-state index contributed by atoms with van der Waals surface area (Å²) in [5.74, 6) is 11.5. The van der Waals surface area contributed by atoms with E-state index in [2.05, 4.69) is 11.8 Å². The third-order valence-corrected chi connectivity index (χ3v) is 8.75. The first-order chi connectivity index (χ1) is 68.9. The fourth-order valence-corrected chi connectivity index (χ4v) is 4.68. The molecule has 6 nitrogen and oxygen atoms in total. The number of benzene rings is 6. The average molecular weight is 1200 g/mol. The smallest absolute Gasteiger partial charge is 0.0626 e. The lowest BCUT2D eigenvalue weighted by molar-refractivity contribution is 0.287. The summed E-state index contributed by atoms with van der Waals surface area (Å²) in [4.78, 5) is 2.33. The van der Waals surface area contributed by atoms with Gasteiger partial charge in [0.25, 0.3) is 0 Å². The van der Waals surface area contributed by atoms with Crippen LogP contribution >= 0.6 is 0 Å². The molecule has 444 valence electrons. The molecule has 0 aliphatic heterocycles. The molecule has 6 aromatic carbocycles. The molecule has 0 aliphatic carbocycles. The Morgan fingerprint density at radius 3 is 0.833 bits per heavy atom. The summed E-state index contributed by atoms with van der Waals surface area (Å²) in [5.41, 5.74) is -3.75. The average Bonchev–Trinajstić information content (AvgIpc) is 0.675. The normalized spacial score (nSPS) is 28.9. The van der Waals surface area contributed by atoms with Crippen molar-refractivity contribution in [2.75, 3.05) is 81.2 Å². The Kier molecular flexibility index (Phi) is 11.2. The third kappa shape index (κ3) is 35.4. The second kappa shape index (κ2) is 46.9. The van der Waals surface area contributed by atoms with Crippen LogP contribution < -0.4 is 0 Å². The van der Waals surface area contributed by atoms with E-state index >= 15 is 0 Å². The van der Waals surface area contributed by atoms with Crippen molar-refractivity contribution in [3.8, 4) is 74.1 Å². The first-order valence-electron chi connectivity index (χ1n) is 58.5. The van der Waals surface area contributed by atoms with Gasteiger partial charge >= 0.3 is 0 Å². The van der Waals surface area contributed by atoms with Crippen LogP contribution in [0.1, 0.15) is 172 Å². The van der Waals surface area contributed by atoms with E-state index in [9.17, 15) is 0 Å². The highest BCUT2D eigenvalue weighted by Crippen LogP contribution is 2.12. The van der Waals surface area contributed by atoms with Crippen LogP contribution in [-0.2, 0) is 38.4 Å². The van der Waals surface area contributed by atoms with E-state index in [1.54, 1.807) is 5.92 Å². The Labute approximate surface area is 613 Å². The zero-order valence-corrected chi connectivity index (χ0v) is 45.3. The van der Waals surface area contributed by atoms with Crippen LogP contribution in [0.2, 0.25) is 0 Å². The van der Waals surface area contributed by atoms with Crippen molar-refractivity contribution in [2.24, 2.45) is 0 Å². The summed E-state index contributed by atoms with van der Waals surface area (Å²) < 4.78 is 551. The maximum absolute atomic E-state index is 8.41. The second-order valence-electron chi connectivity index (χ2n) is 15.0. The molecule has 0 spiro atoms. The van der Waals surface area contributed by atoms with Crippen LogP contribution in [-0.4, -0.2) is 147 Å². The van der Waals surface area contributed by atoms with Gasteiger partial charge in [-0.3, -0.25) is 29.4 Å². The predicted octanol–water partition coefficient (Wildman–Crippen LogP) is 13.1. The lowest BCUT2D eigenvalue weighted by atomic mass is 10.1. The lowest BCUT2D eigenvalue weighted by Gasteiger charge is -2.22. The maximum Gasteiger partial charge on any atom is 0.0626 e. The first-order valence-corrected chi connectivity index (χ1v) is 23.0. The van der Waals surface area contributed by atoms with Gasteiger partial charge in [-0.15, -0.1) is 38.5 Å². The molecule has 0 saturated carbocycles. The molecule has 0 aromatic heterocycles. The quantitative estimate of drug-likeness (QED) is 0.0559. The number of rotatable bonds is 24. The minimum Gasteiger partial charge on any atom is -0.292 e. The molecule has 0 fully saturated rings. The minimum atomic E-state index is -3.63. The van der Waals surface area contributed by atoms with Gasteiger partial charge in [-0.25, -0.2) is 0 Å². The molecule has 0 bridgehead atoms. The van der Waals surface area contributed by atoms with Crippen molar-refractivity contribution < 1.29 is 97.3 Å². The monoisotopic (exact) mass is 1190 g/mol. The molecule has 0 amide bonds. The van der Waals surface area contributed by atoms with Crippen molar-refractivity contribution in [3.63, 3.8) is 0 Å². The number of nitrogens with zero attached hydrogens (tertiary/aromatic N) is 6. The molecule has 0 radical (unpaired) electrons. The number of hydrogen-bond acceptors (Lipinski definition) is 6. The highest BCUT2D eigenvalue weighted by molar-refractivity contribution is 5.20. The first kappa shape index (κ1) is 20.0. The fourth-order valence-electron chi connectivity index (χ4n) is 4.68. The van der Waals surface area contributed by atoms with Crippen molar-refractivity contribution >= 4 is 0 Å². The van der Waals surface area contributed by atoms with Crippen LogP contribution in [0.4, 0.5) is 0 Å². The third-order valence-electron chi connectivity index (χ3n) is 8.75. The van der Waals surface area contributed by atoms with E-state index in [4.69, 9.17) is 136 Å². The summed E-state index contributed by atoms with van der Waals surface area (Å²) >= 11 is 0. The summed E-state index contributed by atoms with van der Waals surface area (Å²) in [6.07, 6.45) is 20.3. The van der Waals surface area contributed by atoms with Crippen molar-refractivity contribution in [3.05, 3.63) is 215 Å². The number of hydrogen-bond donors (Lipinski definition) is 0.